The molecular formula is C15H22Cl3N3O2. The van der Waals surface area contributed by atoms with Crippen LogP contribution in [0.4, 0.5) is 5.69 Å². The number of allylic oxidation sites excluding steroid dienone is 1. The summed E-state index contributed by atoms with van der Waals surface area (Å²) in [6.45, 7) is 7.32. The zero-order valence-electron chi connectivity index (χ0n) is 12.7. The van der Waals surface area contributed by atoms with Crippen molar-refractivity contribution >= 4 is 42.1 Å². The van der Waals surface area contributed by atoms with Crippen LogP contribution >= 0.6 is 36.4 Å². The maximum absolute atomic E-state index is 11.3. The first kappa shape index (κ1) is 22.1. The minimum atomic E-state index is -0.325. The Bertz CT molecular complexity index is 523. The fourth-order valence-corrected chi connectivity index (χ4v) is 2.94. The number of hydrogen-bond acceptors (Lipinski definition) is 4. The molecule has 0 saturated carbocycles. The molecule has 1 heterocycles. The summed E-state index contributed by atoms with van der Waals surface area (Å²) in [7, 11) is 0. The van der Waals surface area contributed by atoms with Crippen LogP contribution in [0.5, 0.6) is 0 Å². The van der Waals surface area contributed by atoms with Crippen LogP contribution in [0.3, 0.4) is 0 Å². The Labute approximate surface area is 154 Å². The summed E-state index contributed by atoms with van der Waals surface area (Å²) < 4.78 is 0. The van der Waals surface area contributed by atoms with E-state index >= 15 is 0 Å². The molecule has 0 aliphatic carbocycles. The smallest absolute Gasteiger partial charge is 0.274 e. The molecule has 1 atom stereocenters. The molecule has 0 spiro atoms. The summed E-state index contributed by atoms with van der Waals surface area (Å²) >= 11 is 6.06. The topological polar surface area (TPSA) is 58.4 Å². The van der Waals surface area contributed by atoms with Crippen molar-refractivity contribution in [3.8, 4) is 0 Å². The second kappa shape index (κ2) is 10.8. The lowest BCUT2D eigenvalue weighted by Crippen LogP contribution is -2.45. The summed E-state index contributed by atoms with van der Waals surface area (Å²) in [6, 6.07) is 4.81. The number of nitro groups is 1. The molecule has 5 nitrogen and oxygen atoms in total. The summed E-state index contributed by atoms with van der Waals surface area (Å²) in [4.78, 5) is 13.3. The van der Waals surface area contributed by atoms with Crippen molar-refractivity contribution in [1.29, 1.82) is 0 Å². The van der Waals surface area contributed by atoms with Gasteiger partial charge in [0.15, 0.2) is 0 Å². The highest BCUT2D eigenvalue weighted by Gasteiger charge is 2.28. The van der Waals surface area contributed by atoms with E-state index in [1.165, 1.54) is 6.07 Å². The van der Waals surface area contributed by atoms with Gasteiger partial charge in [-0.15, -0.1) is 31.4 Å². The normalized spacial score (nSPS) is 15.9. The monoisotopic (exact) mass is 381 g/mol. The Morgan fingerprint density at radius 3 is 2.61 bits per heavy atom. The van der Waals surface area contributed by atoms with Crippen molar-refractivity contribution < 1.29 is 4.92 Å². The highest BCUT2D eigenvalue weighted by Crippen LogP contribution is 2.34. The molecule has 1 aromatic carbocycles. The Hall–Kier alpha value is -0.850. The summed E-state index contributed by atoms with van der Waals surface area (Å²) in [5.74, 6) is 0. The van der Waals surface area contributed by atoms with Crippen molar-refractivity contribution in [2.24, 2.45) is 0 Å². The van der Waals surface area contributed by atoms with Crippen molar-refractivity contribution in [2.45, 2.75) is 18.9 Å². The summed E-state index contributed by atoms with van der Waals surface area (Å²) in [5.41, 5.74) is 0.850. The highest BCUT2D eigenvalue weighted by atomic mass is 35.5. The van der Waals surface area contributed by atoms with Crippen LogP contribution in [-0.4, -0.2) is 36.0 Å². The lowest BCUT2D eigenvalue weighted by atomic mass is 9.97. The van der Waals surface area contributed by atoms with Gasteiger partial charge in [0.25, 0.3) is 5.69 Å². The van der Waals surface area contributed by atoms with Crippen LogP contribution in [0.2, 0.25) is 5.02 Å². The standard InChI is InChI=1S/C15H20ClN3O2.2ClH/c1-2-3-4-14(18-9-7-17-8-10-18)13-11-12(16)5-6-15(13)19(20)21;;/h2,5-6,11,14,17H,1,3-4,7-10H2;2*1H/t14-;;/m0../s1. The van der Waals surface area contributed by atoms with Crippen LogP contribution in [0.25, 0.3) is 0 Å². The lowest BCUT2D eigenvalue weighted by molar-refractivity contribution is -0.386. The number of halogens is 3. The minimum absolute atomic E-state index is 0. The van der Waals surface area contributed by atoms with Gasteiger partial charge in [0.2, 0.25) is 0 Å². The van der Waals surface area contributed by atoms with E-state index in [0.717, 1.165) is 39.0 Å². The van der Waals surface area contributed by atoms with Crippen LogP contribution < -0.4 is 5.32 Å². The molecule has 0 bridgehead atoms. The molecule has 0 radical (unpaired) electrons. The molecule has 1 N–H and O–H groups in total. The van der Waals surface area contributed by atoms with E-state index in [4.69, 9.17) is 11.6 Å². The van der Waals surface area contributed by atoms with Crippen LogP contribution in [-0.2, 0) is 0 Å². The van der Waals surface area contributed by atoms with Gasteiger partial charge < -0.3 is 5.32 Å². The second-order valence-corrected chi connectivity index (χ2v) is 5.56. The van der Waals surface area contributed by atoms with Crippen LogP contribution in [0.1, 0.15) is 24.4 Å². The number of benzene rings is 1. The molecule has 0 unspecified atom stereocenters. The van der Waals surface area contributed by atoms with Gasteiger partial charge in [0, 0.05) is 48.9 Å². The van der Waals surface area contributed by atoms with E-state index in [1.54, 1.807) is 12.1 Å². The molecular weight excluding hydrogens is 361 g/mol. The second-order valence-electron chi connectivity index (χ2n) is 5.13. The third kappa shape index (κ3) is 5.94. The molecule has 1 fully saturated rings. The largest absolute Gasteiger partial charge is 0.314 e. The molecule has 23 heavy (non-hydrogen) atoms. The number of nitrogens with zero attached hydrogens (tertiary/aromatic N) is 2. The Morgan fingerprint density at radius 2 is 2.04 bits per heavy atom. The van der Waals surface area contributed by atoms with E-state index in [0.29, 0.717) is 10.6 Å². The van der Waals surface area contributed by atoms with Crippen LogP contribution in [0, 0.1) is 10.1 Å². The Morgan fingerprint density at radius 1 is 1.39 bits per heavy atom. The van der Waals surface area contributed by atoms with Gasteiger partial charge in [-0.2, -0.15) is 0 Å². The van der Waals surface area contributed by atoms with Gasteiger partial charge in [-0.1, -0.05) is 17.7 Å². The average Bonchev–Trinajstić information content (AvgIpc) is 2.48. The van der Waals surface area contributed by atoms with E-state index < -0.39 is 0 Å². The quantitative estimate of drug-likeness (QED) is 0.459. The van der Waals surface area contributed by atoms with Crippen molar-refractivity contribution in [2.75, 3.05) is 26.2 Å². The fourth-order valence-electron chi connectivity index (χ4n) is 2.76. The lowest BCUT2D eigenvalue weighted by Gasteiger charge is -2.35. The summed E-state index contributed by atoms with van der Waals surface area (Å²) in [6.07, 6.45) is 3.48. The van der Waals surface area contributed by atoms with Crippen molar-refractivity contribution in [3.63, 3.8) is 0 Å². The number of piperazine rings is 1. The van der Waals surface area contributed by atoms with Gasteiger partial charge in [0.05, 0.1) is 4.92 Å². The van der Waals surface area contributed by atoms with Gasteiger partial charge in [0.1, 0.15) is 0 Å². The first-order valence-corrected chi connectivity index (χ1v) is 7.50. The first-order valence-electron chi connectivity index (χ1n) is 7.13. The molecule has 8 heteroatoms. The predicted octanol–water partition coefficient (Wildman–Crippen LogP) is 4.00. The zero-order valence-corrected chi connectivity index (χ0v) is 15.1. The predicted molar refractivity (Wildman–Crippen MR) is 99.2 cm³/mol. The average molecular weight is 383 g/mol. The Balaban J connectivity index is 0.00000242. The molecule has 1 aromatic rings. The number of nitrogens with one attached hydrogen (secondary N) is 1. The van der Waals surface area contributed by atoms with Crippen molar-refractivity contribution in [3.05, 3.63) is 51.6 Å². The van der Waals surface area contributed by atoms with Gasteiger partial charge in [-0.05, 0) is 25.0 Å². The molecule has 0 amide bonds. The third-order valence-electron chi connectivity index (χ3n) is 3.78. The SMILES string of the molecule is C=CCC[C@@H](c1cc(Cl)ccc1[N+](=O)[O-])N1CCNCC1.Cl.Cl. The molecule has 1 aliphatic rings. The number of hydrogen-bond donors (Lipinski definition) is 1. The van der Waals surface area contributed by atoms with E-state index in [-0.39, 0.29) is 41.5 Å². The van der Waals surface area contributed by atoms with E-state index in [2.05, 4.69) is 16.8 Å². The molecule has 1 saturated heterocycles. The number of nitro benzene ring substituents is 1. The molecule has 130 valence electrons. The number of rotatable bonds is 6. The molecule has 0 aromatic heterocycles. The van der Waals surface area contributed by atoms with E-state index in [1.807, 2.05) is 6.08 Å². The third-order valence-corrected chi connectivity index (χ3v) is 4.02. The molecule has 2 rings (SSSR count). The maximum atomic E-state index is 11.3. The first-order chi connectivity index (χ1) is 10.1. The van der Waals surface area contributed by atoms with E-state index in [9.17, 15) is 10.1 Å². The minimum Gasteiger partial charge on any atom is -0.314 e. The van der Waals surface area contributed by atoms with Gasteiger partial charge >= 0.3 is 0 Å². The summed E-state index contributed by atoms with van der Waals surface area (Å²) in [5, 5.41) is 15.1. The van der Waals surface area contributed by atoms with Gasteiger partial charge in [-0.25, -0.2) is 0 Å². The van der Waals surface area contributed by atoms with Crippen molar-refractivity contribution in [1.82, 2.24) is 10.2 Å². The maximum Gasteiger partial charge on any atom is 0.274 e. The Kier molecular flexibility index (Phi) is 10.4. The zero-order chi connectivity index (χ0) is 15.2. The highest BCUT2D eigenvalue weighted by molar-refractivity contribution is 6.30. The fraction of sp³-hybridized carbons (Fsp3) is 0.467. The van der Waals surface area contributed by atoms with Crippen LogP contribution in [0.15, 0.2) is 30.9 Å². The van der Waals surface area contributed by atoms with Gasteiger partial charge in [-0.3, -0.25) is 15.0 Å². The molecule has 1 aliphatic heterocycles.